The van der Waals surface area contributed by atoms with Crippen molar-refractivity contribution in [1.29, 1.82) is 0 Å². The van der Waals surface area contributed by atoms with E-state index < -0.39 is 12.2 Å². The van der Waals surface area contributed by atoms with Crippen molar-refractivity contribution < 1.29 is 13.2 Å². The summed E-state index contributed by atoms with van der Waals surface area (Å²) >= 11 is 6.23. The zero-order valence-electron chi connectivity index (χ0n) is 15.3. The fourth-order valence-corrected chi connectivity index (χ4v) is 3.36. The maximum Gasteiger partial charge on any atom is 0.407 e. The molecule has 0 aliphatic carbocycles. The van der Waals surface area contributed by atoms with Crippen LogP contribution in [-0.2, 0) is 6.54 Å². The van der Waals surface area contributed by atoms with Crippen LogP contribution in [0.3, 0.4) is 0 Å². The van der Waals surface area contributed by atoms with Gasteiger partial charge in [0.2, 0.25) is 0 Å². The van der Waals surface area contributed by atoms with E-state index in [4.69, 9.17) is 17.3 Å². The Morgan fingerprint density at radius 1 is 1.19 bits per heavy atom. The zero-order chi connectivity index (χ0) is 20.0. The van der Waals surface area contributed by atoms with Gasteiger partial charge in [0, 0.05) is 41.0 Å². The van der Waals surface area contributed by atoms with E-state index in [2.05, 4.69) is 4.98 Å². The van der Waals surface area contributed by atoms with E-state index in [0.29, 0.717) is 28.2 Å². The number of hydrogen-bond acceptors (Lipinski definition) is 2. The van der Waals surface area contributed by atoms with Crippen LogP contribution in [0, 0.1) is 5.41 Å². The number of hydrogen-bond donors (Lipinski definition) is 1. The minimum atomic E-state index is -4.51. The second kappa shape index (κ2) is 6.84. The summed E-state index contributed by atoms with van der Waals surface area (Å²) in [5, 5.41) is 0.970. The largest absolute Gasteiger partial charge is 0.407 e. The molecule has 0 saturated heterocycles. The quantitative estimate of drug-likeness (QED) is 0.594. The molecule has 0 radical (unpaired) electrons. The number of fused-ring (bicyclic) bond motifs is 1. The number of pyridine rings is 1. The van der Waals surface area contributed by atoms with E-state index in [1.807, 2.05) is 31.4 Å². The molecule has 144 valence electrons. The van der Waals surface area contributed by atoms with Crippen molar-refractivity contribution in [2.45, 2.75) is 39.5 Å². The first kappa shape index (κ1) is 19.7. The van der Waals surface area contributed by atoms with E-state index in [9.17, 15) is 13.2 Å². The van der Waals surface area contributed by atoms with E-state index in [0.717, 1.165) is 5.56 Å². The molecule has 3 rings (SSSR count). The van der Waals surface area contributed by atoms with Crippen molar-refractivity contribution >= 4 is 22.5 Å². The number of rotatable bonds is 3. The fourth-order valence-electron chi connectivity index (χ4n) is 3.13. The van der Waals surface area contributed by atoms with Gasteiger partial charge in [0.1, 0.15) is 6.04 Å². The van der Waals surface area contributed by atoms with Crippen molar-refractivity contribution in [3.05, 3.63) is 53.3 Å². The van der Waals surface area contributed by atoms with Gasteiger partial charge < -0.3 is 10.3 Å². The predicted molar refractivity (Wildman–Crippen MR) is 103 cm³/mol. The van der Waals surface area contributed by atoms with Crippen molar-refractivity contribution in [3.63, 3.8) is 0 Å². The Balaban J connectivity index is 2.22. The molecule has 1 atom stereocenters. The fraction of sp³-hybridized carbons (Fsp3) is 0.350. The van der Waals surface area contributed by atoms with Crippen molar-refractivity contribution in [3.8, 4) is 11.3 Å². The van der Waals surface area contributed by atoms with Crippen LogP contribution in [0.25, 0.3) is 22.2 Å². The SMILES string of the molecule is CC(C)(C)Cn1cc([C@H](N)C(F)(F)F)c2ccc(-c3ncccc3Cl)cc21. The highest BCUT2D eigenvalue weighted by molar-refractivity contribution is 6.33. The molecule has 0 aliphatic rings. The molecule has 2 heterocycles. The van der Waals surface area contributed by atoms with Gasteiger partial charge in [-0.1, -0.05) is 44.5 Å². The maximum absolute atomic E-state index is 13.2. The van der Waals surface area contributed by atoms with Crippen molar-refractivity contribution in [2.24, 2.45) is 11.1 Å². The topological polar surface area (TPSA) is 43.8 Å². The van der Waals surface area contributed by atoms with Crippen LogP contribution in [0.15, 0.2) is 42.7 Å². The Labute approximate surface area is 161 Å². The summed E-state index contributed by atoms with van der Waals surface area (Å²) in [7, 11) is 0. The minimum absolute atomic E-state index is 0.0698. The molecule has 27 heavy (non-hydrogen) atoms. The van der Waals surface area contributed by atoms with Gasteiger partial charge in [-0.2, -0.15) is 13.2 Å². The van der Waals surface area contributed by atoms with Crippen LogP contribution in [0.1, 0.15) is 32.4 Å². The van der Waals surface area contributed by atoms with Gasteiger partial charge in [-0.3, -0.25) is 4.98 Å². The summed E-state index contributed by atoms with van der Waals surface area (Å²) < 4.78 is 41.6. The van der Waals surface area contributed by atoms with Gasteiger partial charge in [-0.25, -0.2) is 0 Å². The van der Waals surface area contributed by atoms with E-state index in [-0.39, 0.29) is 11.0 Å². The Morgan fingerprint density at radius 2 is 1.89 bits per heavy atom. The van der Waals surface area contributed by atoms with Crippen LogP contribution < -0.4 is 5.73 Å². The number of nitrogens with two attached hydrogens (primary N) is 1. The Morgan fingerprint density at radius 3 is 2.48 bits per heavy atom. The molecular formula is C20H21ClF3N3. The predicted octanol–water partition coefficient (Wildman–Crippen LogP) is 5.96. The van der Waals surface area contributed by atoms with Gasteiger partial charge in [0.05, 0.1) is 10.7 Å². The molecule has 2 N–H and O–H groups in total. The Bertz CT molecular complexity index is 971. The molecule has 3 aromatic rings. The summed E-state index contributed by atoms with van der Waals surface area (Å²) in [6.07, 6.45) is -1.37. The van der Waals surface area contributed by atoms with Crippen LogP contribution in [0.5, 0.6) is 0 Å². The third-order valence-electron chi connectivity index (χ3n) is 4.28. The van der Waals surface area contributed by atoms with Crippen LogP contribution in [-0.4, -0.2) is 15.7 Å². The second-order valence-electron chi connectivity index (χ2n) is 7.86. The smallest absolute Gasteiger partial charge is 0.347 e. The molecule has 0 saturated carbocycles. The van der Waals surface area contributed by atoms with Crippen molar-refractivity contribution in [1.82, 2.24) is 9.55 Å². The average Bonchev–Trinajstić information content (AvgIpc) is 2.89. The van der Waals surface area contributed by atoms with Gasteiger partial charge >= 0.3 is 6.18 Å². The number of nitrogens with zero attached hydrogens (tertiary/aromatic N) is 2. The number of benzene rings is 1. The number of alkyl halides is 3. The Hall–Kier alpha value is -2.05. The van der Waals surface area contributed by atoms with E-state index in [1.54, 1.807) is 30.5 Å². The minimum Gasteiger partial charge on any atom is -0.347 e. The van der Waals surface area contributed by atoms with Gasteiger partial charge in [0.25, 0.3) is 0 Å². The zero-order valence-corrected chi connectivity index (χ0v) is 16.1. The lowest BCUT2D eigenvalue weighted by atomic mass is 9.97. The van der Waals surface area contributed by atoms with Crippen LogP contribution in [0.2, 0.25) is 5.02 Å². The molecule has 3 nitrogen and oxygen atoms in total. The highest BCUT2D eigenvalue weighted by atomic mass is 35.5. The second-order valence-corrected chi connectivity index (χ2v) is 8.27. The van der Waals surface area contributed by atoms with Gasteiger partial charge in [-0.15, -0.1) is 0 Å². The highest BCUT2D eigenvalue weighted by Gasteiger charge is 2.39. The Kier molecular flexibility index (Phi) is 4.99. The lowest BCUT2D eigenvalue weighted by Gasteiger charge is -2.20. The molecule has 7 heteroatoms. The molecule has 0 amide bonds. The number of halogens is 4. The third kappa shape index (κ3) is 4.12. The molecule has 0 aliphatic heterocycles. The van der Waals surface area contributed by atoms with Gasteiger partial charge in [-0.05, 0) is 23.6 Å². The molecule has 0 spiro atoms. The lowest BCUT2D eigenvalue weighted by molar-refractivity contribution is -0.148. The first-order chi connectivity index (χ1) is 12.5. The molecule has 2 aromatic heterocycles. The van der Waals surface area contributed by atoms with E-state index >= 15 is 0 Å². The molecular weight excluding hydrogens is 375 g/mol. The average molecular weight is 396 g/mol. The third-order valence-corrected chi connectivity index (χ3v) is 4.58. The standard InChI is InChI=1S/C20H21ClF3N3/c1-19(2,3)11-27-10-14(18(25)20(22,23)24)13-7-6-12(9-16(13)27)17-15(21)5-4-8-26-17/h4-10,18H,11,25H2,1-3H3/t18-/m0/s1. The summed E-state index contributed by atoms with van der Waals surface area (Å²) in [5.41, 5.74) is 7.48. The molecule has 0 bridgehead atoms. The first-order valence-corrected chi connectivity index (χ1v) is 8.91. The normalized spacial score (nSPS) is 13.9. The van der Waals surface area contributed by atoms with Crippen molar-refractivity contribution in [2.75, 3.05) is 0 Å². The number of aromatic nitrogens is 2. The molecule has 0 fully saturated rings. The highest BCUT2D eigenvalue weighted by Crippen LogP contribution is 2.38. The van der Waals surface area contributed by atoms with E-state index in [1.165, 1.54) is 6.20 Å². The summed E-state index contributed by atoms with van der Waals surface area (Å²) in [4.78, 5) is 4.29. The summed E-state index contributed by atoms with van der Waals surface area (Å²) in [6.45, 7) is 6.64. The monoisotopic (exact) mass is 395 g/mol. The molecule has 0 unspecified atom stereocenters. The summed E-state index contributed by atoms with van der Waals surface area (Å²) in [5.74, 6) is 0. The van der Waals surface area contributed by atoms with Crippen LogP contribution >= 0.6 is 11.6 Å². The summed E-state index contributed by atoms with van der Waals surface area (Å²) in [6, 6.07) is 6.63. The lowest BCUT2D eigenvalue weighted by Crippen LogP contribution is -2.28. The first-order valence-electron chi connectivity index (χ1n) is 8.53. The maximum atomic E-state index is 13.2. The van der Waals surface area contributed by atoms with Gasteiger partial charge in [0.15, 0.2) is 0 Å². The molecule has 1 aromatic carbocycles. The van der Waals surface area contributed by atoms with Crippen LogP contribution in [0.4, 0.5) is 13.2 Å².